The van der Waals surface area contributed by atoms with Gasteiger partial charge in [0.1, 0.15) is 6.10 Å². The van der Waals surface area contributed by atoms with Gasteiger partial charge in [0.05, 0.1) is 5.41 Å². The van der Waals surface area contributed by atoms with Crippen molar-refractivity contribution in [1.82, 2.24) is 0 Å². The number of rotatable bonds is 4. The summed E-state index contributed by atoms with van der Waals surface area (Å²) in [4.78, 5) is 12.2. The van der Waals surface area contributed by atoms with E-state index < -0.39 is 0 Å². The molecule has 16 heavy (non-hydrogen) atoms. The maximum absolute atomic E-state index is 12.2. The zero-order chi connectivity index (χ0) is 12.2. The number of esters is 1. The van der Waals surface area contributed by atoms with E-state index in [1.807, 2.05) is 0 Å². The Morgan fingerprint density at radius 2 is 1.81 bits per heavy atom. The molecular weight excluding hydrogens is 200 g/mol. The van der Waals surface area contributed by atoms with Gasteiger partial charge in [0, 0.05) is 0 Å². The zero-order valence-corrected chi connectivity index (χ0v) is 11.2. The highest BCUT2D eigenvalue weighted by Crippen LogP contribution is 2.37. The van der Waals surface area contributed by atoms with Crippen molar-refractivity contribution in [3.8, 4) is 0 Å². The Bertz CT molecular complexity index is 227. The first-order chi connectivity index (χ1) is 7.49. The van der Waals surface area contributed by atoms with Crippen molar-refractivity contribution in [3.63, 3.8) is 0 Å². The highest BCUT2D eigenvalue weighted by atomic mass is 16.5. The van der Waals surface area contributed by atoms with Crippen LogP contribution < -0.4 is 0 Å². The van der Waals surface area contributed by atoms with Crippen LogP contribution in [0, 0.1) is 11.3 Å². The van der Waals surface area contributed by atoms with E-state index in [0.29, 0.717) is 5.92 Å². The van der Waals surface area contributed by atoms with Crippen LogP contribution in [0.1, 0.15) is 66.2 Å². The summed E-state index contributed by atoms with van der Waals surface area (Å²) in [5.74, 6) is 0.453. The molecule has 0 aromatic heterocycles. The van der Waals surface area contributed by atoms with Crippen LogP contribution in [0.5, 0.6) is 0 Å². The molecule has 0 aromatic carbocycles. The second kappa shape index (κ2) is 5.70. The van der Waals surface area contributed by atoms with Gasteiger partial charge in [-0.15, -0.1) is 0 Å². The lowest BCUT2D eigenvalue weighted by molar-refractivity contribution is -0.165. The predicted molar refractivity (Wildman–Crippen MR) is 66.2 cm³/mol. The fourth-order valence-corrected chi connectivity index (χ4v) is 2.51. The Morgan fingerprint density at radius 3 is 2.25 bits per heavy atom. The first-order valence-electron chi connectivity index (χ1n) is 6.70. The van der Waals surface area contributed by atoms with Crippen molar-refractivity contribution >= 4 is 5.97 Å². The van der Waals surface area contributed by atoms with Crippen molar-refractivity contribution in [2.24, 2.45) is 11.3 Å². The van der Waals surface area contributed by atoms with Crippen LogP contribution in [0.3, 0.4) is 0 Å². The Balaban J connectivity index is 2.55. The fraction of sp³-hybridized carbons (Fsp3) is 0.929. The third-order valence-corrected chi connectivity index (χ3v) is 3.85. The molecule has 0 aromatic rings. The highest BCUT2D eigenvalue weighted by molar-refractivity contribution is 5.76. The Morgan fingerprint density at radius 1 is 1.25 bits per heavy atom. The van der Waals surface area contributed by atoms with Gasteiger partial charge >= 0.3 is 5.97 Å². The average molecular weight is 226 g/mol. The molecule has 0 heterocycles. The minimum absolute atomic E-state index is 0.0350. The second-order valence-electron chi connectivity index (χ2n) is 5.72. The fourth-order valence-electron chi connectivity index (χ4n) is 2.51. The lowest BCUT2D eigenvalue weighted by Gasteiger charge is -2.33. The number of hydrogen-bond acceptors (Lipinski definition) is 2. The number of carbonyl (C=O) groups is 1. The van der Waals surface area contributed by atoms with E-state index in [0.717, 1.165) is 19.3 Å². The van der Waals surface area contributed by atoms with E-state index in [-0.39, 0.29) is 17.5 Å². The van der Waals surface area contributed by atoms with E-state index in [2.05, 4.69) is 27.7 Å². The van der Waals surface area contributed by atoms with Crippen molar-refractivity contribution in [3.05, 3.63) is 0 Å². The van der Waals surface area contributed by atoms with Crippen molar-refractivity contribution in [2.45, 2.75) is 72.3 Å². The molecule has 1 rings (SSSR count). The van der Waals surface area contributed by atoms with Crippen LogP contribution in [-0.2, 0) is 9.53 Å². The molecule has 1 atom stereocenters. The van der Waals surface area contributed by atoms with Gasteiger partial charge in [-0.1, -0.05) is 40.0 Å². The molecule has 0 amide bonds. The summed E-state index contributed by atoms with van der Waals surface area (Å²) in [6.07, 6.45) is 6.62. The normalized spacial score (nSPS) is 21.8. The second-order valence-corrected chi connectivity index (χ2v) is 5.72. The first kappa shape index (κ1) is 13.5. The van der Waals surface area contributed by atoms with Crippen LogP contribution in [0.4, 0.5) is 0 Å². The first-order valence-corrected chi connectivity index (χ1v) is 6.70. The Kier molecular flexibility index (Phi) is 4.82. The Labute approximate surface area is 99.8 Å². The van der Waals surface area contributed by atoms with Gasteiger partial charge in [-0.25, -0.2) is 0 Å². The minimum atomic E-state index is -0.208. The molecule has 2 nitrogen and oxygen atoms in total. The van der Waals surface area contributed by atoms with Crippen LogP contribution in [0.15, 0.2) is 0 Å². The lowest BCUT2D eigenvalue weighted by Crippen LogP contribution is -2.36. The molecule has 1 fully saturated rings. The molecular formula is C14H26O2. The molecule has 0 saturated heterocycles. The number of hydrogen-bond donors (Lipinski definition) is 0. The maximum Gasteiger partial charge on any atom is 0.312 e. The average Bonchev–Trinajstić information content (AvgIpc) is 2.26. The molecule has 1 aliphatic rings. The summed E-state index contributed by atoms with van der Waals surface area (Å²) in [5.41, 5.74) is -0.208. The van der Waals surface area contributed by atoms with Crippen LogP contribution in [-0.4, -0.2) is 12.1 Å². The van der Waals surface area contributed by atoms with Crippen molar-refractivity contribution < 1.29 is 9.53 Å². The third-order valence-electron chi connectivity index (χ3n) is 3.85. The molecule has 94 valence electrons. The quantitative estimate of drug-likeness (QED) is 0.679. The smallest absolute Gasteiger partial charge is 0.312 e. The maximum atomic E-state index is 12.2. The summed E-state index contributed by atoms with van der Waals surface area (Å²) >= 11 is 0. The molecule has 1 aliphatic carbocycles. The van der Waals surface area contributed by atoms with Gasteiger partial charge in [-0.3, -0.25) is 4.79 Å². The molecule has 1 saturated carbocycles. The van der Waals surface area contributed by atoms with E-state index >= 15 is 0 Å². The topological polar surface area (TPSA) is 26.3 Å². The monoisotopic (exact) mass is 226 g/mol. The van der Waals surface area contributed by atoms with Crippen LogP contribution in [0.2, 0.25) is 0 Å². The SMILES string of the molecule is CCC(OC(=O)C1(C)CCCCC1)C(C)C. The van der Waals surface area contributed by atoms with Crippen LogP contribution in [0.25, 0.3) is 0 Å². The lowest BCUT2D eigenvalue weighted by atomic mass is 9.76. The van der Waals surface area contributed by atoms with E-state index in [1.54, 1.807) is 0 Å². The standard InChI is InChI=1S/C14H26O2/c1-5-12(11(2)3)16-13(15)14(4)9-7-6-8-10-14/h11-12H,5-10H2,1-4H3. The zero-order valence-electron chi connectivity index (χ0n) is 11.2. The molecule has 0 spiro atoms. The summed E-state index contributed by atoms with van der Waals surface area (Å²) in [7, 11) is 0. The van der Waals surface area contributed by atoms with Gasteiger partial charge in [0.25, 0.3) is 0 Å². The number of ether oxygens (including phenoxy) is 1. The van der Waals surface area contributed by atoms with Gasteiger partial charge in [-0.2, -0.15) is 0 Å². The van der Waals surface area contributed by atoms with Gasteiger partial charge in [-0.05, 0) is 32.1 Å². The molecule has 0 bridgehead atoms. The summed E-state index contributed by atoms with van der Waals surface area (Å²) in [6.45, 7) is 8.39. The van der Waals surface area contributed by atoms with E-state index in [4.69, 9.17) is 4.74 Å². The van der Waals surface area contributed by atoms with E-state index in [9.17, 15) is 4.79 Å². The van der Waals surface area contributed by atoms with Crippen molar-refractivity contribution in [2.75, 3.05) is 0 Å². The van der Waals surface area contributed by atoms with Gasteiger partial charge < -0.3 is 4.74 Å². The third kappa shape index (κ3) is 3.23. The van der Waals surface area contributed by atoms with E-state index in [1.165, 1.54) is 19.3 Å². The highest BCUT2D eigenvalue weighted by Gasteiger charge is 2.37. The van der Waals surface area contributed by atoms with Crippen molar-refractivity contribution in [1.29, 1.82) is 0 Å². The van der Waals surface area contributed by atoms with Gasteiger partial charge in [0.2, 0.25) is 0 Å². The summed E-state index contributed by atoms with van der Waals surface area (Å²) in [6, 6.07) is 0. The van der Waals surface area contributed by atoms with Gasteiger partial charge in [0.15, 0.2) is 0 Å². The Hall–Kier alpha value is -0.530. The molecule has 0 aliphatic heterocycles. The van der Waals surface area contributed by atoms with Crippen LogP contribution >= 0.6 is 0 Å². The molecule has 0 N–H and O–H groups in total. The summed E-state index contributed by atoms with van der Waals surface area (Å²) in [5, 5.41) is 0. The molecule has 2 heteroatoms. The molecule has 0 radical (unpaired) electrons. The number of carbonyl (C=O) groups excluding carboxylic acids is 1. The predicted octanol–water partition coefficient (Wildman–Crippen LogP) is 3.93. The largest absolute Gasteiger partial charge is 0.462 e. The minimum Gasteiger partial charge on any atom is -0.462 e. The summed E-state index contributed by atoms with van der Waals surface area (Å²) < 4.78 is 5.66. The molecule has 1 unspecified atom stereocenters.